The SMILES string of the molecule is CCCC[C@@H]1C[Si@@](C)(C(C)C)c2ccccc2[Si@]1(C)C(C)C. The van der Waals surface area contributed by atoms with Gasteiger partial charge < -0.3 is 0 Å². The van der Waals surface area contributed by atoms with Crippen molar-refractivity contribution in [3.05, 3.63) is 24.3 Å². The van der Waals surface area contributed by atoms with Crippen LogP contribution in [0.15, 0.2) is 24.3 Å². The van der Waals surface area contributed by atoms with Gasteiger partial charge in [0.2, 0.25) is 0 Å². The molecule has 0 nitrogen and oxygen atoms in total. The zero-order valence-corrected chi connectivity index (χ0v) is 17.9. The fraction of sp³-hybridized carbons (Fsp3) is 0.700. The molecule has 0 N–H and O–H groups in total. The average molecular weight is 333 g/mol. The van der Waals surface area contributed by atoms with Crippen LogP contribution in [0, 0.1) is 0 Å². The number of benzene rings is 1. The van der Waals surface area contributed by atoms with Crippen LogP contribution in [0.25, 0.3) is 0 Å². The van der Waals surface area contributed by atoms with E-state index in [9.17, 15) is 0 Å². The van der Waals surface area contributed by atoms with Gasteiger partial charge in [0.1, 0.15) is 0 Å². The molecule has 2 heteroatoms. The molecule has 1 aliphatic rings. The molecule has 1 aromatic carbocycles. The van der Waals surface area contributed by atoms with Gasteiger partial charge in [0, 0.05) is 0 Å². The summed E-state index contributed by atoms with van der Waals surface area (Å²) in [6.45, 7) is 17.7. The van der Waals surface area contributed by atoms with Crippen LogP contribution in [0.2, 0.25) is 35.8 Å². The van der Waals surface area contributed by atoms with Crippen LogP contribution >= 0.6 is 0 Å². The maximum atomic E-state index is 2.70. The first-order chi connectivity index (χ1) is 10.3. The van der Waals surface area contributed by atoms with Crippen LogP contribution in [0.1, 0.15) is 53.9 Å². The van der Waals surface area contributed by atoms with Crippen LogP contribution in [-0.4, -0.2) is 16.1 Å². The Morgan fingerprint density at radius 1 is 1.00 bits per heavy atom. The standard InChI is InChI=1S/C20H36Si2/c1-8-9-12-18-15-21(6,16(2)3)19-13-10-11-14-20(19)22(18,7)17(4)5/h10-11,13-14,16-18H,8-9,12,15H2,1-7H3/t18-,21+,22-/m1/s1. The van der Waals surface area contributed by atoms with E-state index in [1.807, 2.05) is 10.4 Å². The lowest BCUT2D eigenvalue weighted by Crippen LogP contribution is -2.70. The number of hydrogen-bond acceptors (Lipinski definition) is 0. The largest absolute Gasteiger partial charge is 0.0888 e. The normalized spacial score (nSPS) is 31.6. The Bertz CT molecular complexity index is 508. The molecule has 1 aliphatic heterocycles. The molecule has 124 valence electrons. The Morgan fingerprint density at radius 2 is 1.59 bits per heavy atom. The minimum atomic E-state index is -1.40. The molecule has 3 atom stereocenters. The van der Waals surface area contributed by atoms with Gasteiger partial charge in [-0.1, -0.05) is 108 Å². The highest BCUT2D eigenvalue weighted by Crippen LogP contribution is 2.46. The smallest absolute Gasteiger partial charge is 0.0654 e. The summed E-state index contributed by atoms with van der Waals surface area (Å²) in [5, 5.41) is 3.65. The monoisotopic (exact) mass is 332 g/mol. The Balaban J connectivity index is 2.60. The van der Waals surface area contributed by atoms with Crippen molar-refractivity contribution in [1.29, 1.82) is 0 Å². The first-order valence-corrected chi connectivity index (χ1v) is 14.8. The van der Waals surface area contributed by atoms with Crippen molar-refractivity contribution in [2.75, 3.05) is 0 Å². The molecule has 0 spiro atoms. The molecule has 1 heterocycles. The van der Waals surface area contributed by atoms with Crippen molar-refractivity contribution in [2.45, 2.75) is 89.6 Å². The molecule has 0 aliphatic carbocycles. The van der Waals surface area contributed by atoms with Crippen molar-refractivity contribution < 1.29 is 0 Å². The Hall–Kier alpha value is -0.346. The van der Waals surface area contributed by atoms with Crippen LogP contribution in [0.4, 0.5) is 0 Å². The van der Waals surface area contributed by atoms with E-state index in [0.717, 1.165) is 16.6 Å². The molecule has 22 heavy (non-hydrogen) atoms. The van der Waals surface area contributed by atoms with Crippen LogP contribution < -0.4 is 10.4 Å². The number of rotatable bonds is 5. The van der Waals surface area contributed by atoms with Crippen LogP contribution in [0.3, 0.4) is 0 Å². The maximum absolute atomic E-state index is 2.70. The lowest BCUT2D eigenvalue weighted by molar-refractivity contribution is 0.667. The summed E-state index contributed by atoms with van der Waals surface area (Å²) in [5.74, 6) is 0. The van der Waals surface area contributed by atoms with Gasteiger partial charge in [-0.3, -0.25) is 0 Å². The highest BCUT2D eigenvalue weighted by Gasteiger charge is 2.52. The van der Waals surface area contributed by atoms with Gasteiger partial charge in [0.25, 0.3) is 0 Å². The highest BCUT2D eigenvalue weighted by molar-refractivity contribution is 7.05. The zero-order chi connectivity index (χ0) is 16.5. The second-order valence-electron chi connectivity index (χ2n) is 8.60. The summed E-state index contributed by atoms with van der Waals surface area (Å²) in [6.07, 6.45) is 4.24. The fourth-order valence-electron chi connectivity index (χ4n) is 4.69. The maximum Gasteiger partial charge on any atom is 0.0888 e. The van der Waals surface area contributed by atoms with Crippen molar-refractivity contribution in [3.8, 4) is 0 Å². The summed E-state index contributed by atoms with van der Waals surface area (Å²) in [4.78, 5) is 0. The number of unbranched alkanes of at least 4 members (excludes halogenated alkanes) is 1. The summed E-state index contributed by atoms with van der Waals surface area (Å²) < 4.78 is 0. The lowest BCUT2D eigenvalue weighted by Gasteiger charge is -2.52. The van der Waals surface area contributed by atoms with Gasteiger partial charge in [0.15, 0.2) is 0 Å². The molecule has 0 saturated carbocycles. The summed E-state index contributed by atoms with van der Waals surface area (Å²) in [5.41, 5.74) is 2.70. The molecule has 0 amide bonds. The summed E-state index contributed by atoms with van der Waals surface area (Å²) in [6, 6.07) is 11.2. The van der Waals surface area contributed by atoms with Crippen LogP contribution in [-0.2, 0) is 0 Å². The molecule has 0 bridgehead atoms. The van der Waals surface area contributed by atoms with Crippen molar-refractivity contribution in [3.63, 3.8) is 0 Å². The molecule has 0 saturated heterocycles. The molecule has 0 aromatic heterocycles. The minimum Gasteiger partial charge on any atom is -0.0654 e. The van der Waals surface area contributed by atoms with Gasteiger partial charge in [-0.25, -0.2) is 0 Å². The van der Waals surface area contributed by atoms with Gasteiger partial charge in [-0.15, -0.1) is 0 Å². The molecule has 1 aromatic rings. The quantitative estimate of drug-likeness (QED) is 0.611. The van der Waals surface area contributed by atoms with E-state index in [4.69, 9.17) is 0 Å². The molecular formula is C20H36Si2. The van der Waals surface area contributed by atoms with E-state index < -0.39 is 16.1 Å². The third kappa shape index (κ3) is 2.77. The predicted molar refractivity (Wildman–Crippen MR) is 107 cm³/mol. The Labute approximate surface area is 140 Å². The minimum absolute atomic E-state index is 0.848. The van der Waals surface area contributed by atoms with Crippen molar-refractivity contribution in [1.82, 2.24) is 0 Å². The van der Waals surface area contributed by atoms with E-state index in [-0.39, 0.29) is 0 Å². The van der Waals surface area contributed by atoms with Gasteiger partial charge in [-0.2, -0.15) is 0 Å². The van der Waals surface area contributed by atoms with E-state index in [1.165, 1.54) is 19.3 Å². The topological polar surface area (TPSA) is 0 Å². The predicted octanol–water partition coefficient (Wildman–Crippen LogP) is 5.65. The fourth-order valence-corrected chi connectivity index (χ4v) is 17.0. The molecule has 2 rings (SSSR count). The Morgan fingerprint density at radius 3 is 2.09 bits per heavy atom. The van der Waals surface area contributed by atoms with Crippen LogP contribution in [0.5, 0.6) is 0 Å². The molecular weight excluding hydrogens is 296 g/mol. The first kappa shape index (κ1) is 18.0. The summed E-state index contributed by atoms with van der Waals surface area (Å²) in [7, 11) is -2.75. The van der Waals surface area contributed by atoms with E-state index in [1.54, 1.807) is 6.04 Å². The van der Waals surface area contributed by atoms with Gasteiger partial charge in [0.05, 0.1) is 16.1 Å². The molecule has 0 unspecified atom stereocenters. The van der Waals surface area contributed by atoms with Crippen molar-refractivity contribution >= 4 is 26.5 Å². The third-order valence-corrected chi connectivity index (χ3v) is 19.4. The average Bonchev–Trinajstić information content (AvgIpc) is 2.49. The zero-order valence-electron chi connectivity index (χ0n) is 15.9. The second kappa shape index (κ2) is 6.64. The third-order valence-electron chi connectivity index (χ3n) is 7.02. The second-order valence-corrected chi connectivity index (χ2v) is 18.6. The molecule has 0 radical (unpaired) electrons. The van der Waals surface area contributed by atoms with Gasteiger partial charge >= 0.3 is 0 Å². The van der Waals surface area contributed by atoms with Crippen molar-refractivity contribution in [2.24, 2.45) is 0 Å². The molecule has 0 fully saturated rings. The van der Waals surface area contributed by atoms with E-state index in [2.05, 4.69) is 72.0 Å². The first-order valence-electron chi connectivity index (χ1n) is 9.38. The highest BCUT2D eigenvalue weighted by atomic mass is 28.3. The van der Waals surface area contributed by atoms with E-state index >= 15 is 0 Å². The lowest BCUT2D eigenvalue weighted by atomic mass is 10.2. The Kier molecular flexibility index (Phi) is 5.44. The van der Waals surface area contributed by atoms with E-state index in [0.29, 0.717) is 0 Å². The summed E-state index contributed by atoms with van der Waals surface area (Å²) >= 11 is 0. The van der Waals surface area contributed by atoms with Gasteiger partial charge in [-0.05, 0) is 16.6 Å². The number of fused-ring (bicyclic) bond motifs is 1. The number of hydrogen-bond donors (Lipinski definition) is 0.